The van der Waals surface area contributed by atoms with Crippen LogP contribution in [0.2, 0.25) is 0 Å². The molecule has 5 nitrogen and oxygen atoms in total. The zero-order valence-electron chi connectivity index (χ0n) is 11.6. The molecule has 0 saturated carbocycles. The van der Waals surface area contributed by atoms with E-state index in [1.165, 1.54) is 25.9 Å². The van der Waals surface area contributed by atoms with E-state index in [2.05, 4.69) is 27.2 Å². The molecule has 1 atom stereocenters. The van der Waals surface area contributed by atoms with Crippen molar-refractivity contribution in [1.82, 2.24) is 19.4 Å². The first-order valence-electron chi connectivity index (χ1n) is 6.92. The fourth-order valence-electron chi connectivity index (χ4n) is 2.87. The highest BCUT2D eigenvalue weighted by Crippen LogP contribution is 2.20. The van der Waals surface area contributed by atoms with Crippen molar-refractivity contribution >= 4 is 16.9 Å². The van der Waals surface area contributed by atoms with E-state index in [9.17, 15) is 0 Å². The minimum atomic E-state index is 0.708. The minimum Gasteiger partial charge on any atom is -0.368 e. The quantitative estimate of drug-likeness (QED) is 0.911. The van der Waals surface area contributed by atoms with Crippen LogP contribution < -0.4 is 5.32 Å². The second-order valence-corrected chi connectivity index (χ2v) is 5.53. The van der Waals surface area contributed by atoms with Gasteiger partial charge in [0.1, 0.15) is 5.52 Å². The lowest BCUT2D eigenvalue weighted by Gasteiger charge is -2.29. The summed E-state index contributed by atoms with van der Waals surface area (Å²) in [4.78, 5) is 11.3. The maximum atomic E-state index is 4.42. The average Bonchev–Trinajstić information content (AvgIpc) is 2.79. The van der Waals surface area contributed by atoms with Gasteiger partial charge in [-0.2, -0.15) is 0 Å². The molecule has 1 unspecified atom stereocenters. The number of imidazole rings is 1. The van der Waals surface area contributed by atoms with E-state index in [4.69, 9.17) is 0 Å². The summed E-state index contributed by atoms with van der Waals surface area (Å²) in [5.41, 5.74) is 2.09. The van der Waals surface area contributed by atoms with Crippen LogP contribution in [0.4, 0.5) is 5.82 Å². The monoisotopic (exact) mass is 259 g/mol. The highest BCUT2D eigenvalue weighted by molar-refractivity contribution is 5.85. The van der Waals surface area contributed by atoms with Crippen LogP contribution in [0.3, 0.4) is 0 Å². The number of likely N-dealkylation sites (tertiary alicyclic amines) is 1. The summed E-state index contributed by atoms with van der Waals surface area (Å²) in [6, 6.07) is 2.00. The third kappa shape index (κ3) is 2.56. The molecule has 19 heavy (non-hydrogen) atoms. The first-order valence-corrected chi connectivity index (χ1v) is 6.92. The fraction of sp³-hybridized carbons (Fsp3) is 0.571. The van der Waals surface area contributed by atoms with Crippen LogP contribution >= 0.6 is 0 Å². The van der Waals surface area contributed by atoms with Crippen molar-refractivity contribution in [3.8, 4) is 0 Å². The van der Waals surface area contributed by atoms with E-state index < -0.39 is 0 Å². The second kappa shape index (κ2) is 5.17. The van der Waals surface area contributed by atoms with Crippen LogP contribution in [0, 0.1) is 5.92 Å². The smallest absolute Gasteiger partial charge is 0.154 e. The SMILES string of the molecule is CN1CCCC(CNc2nccc3c2ncn3C)C1. The molecule has 0 bridgehead atoms. The van der Waals surface area contributed by atoms with Crippen molar-refractivity contribution in [2.24, 2.45) is 13.0 Å². The van der Waals surface area contributed by atoms with Crippen molar-refractivity contribution < 1.29 is 0 Å². The van der Waals surface area contributed by atoms with Gasteiger partial charge < -0.3 is 14.8 Å². The number of hydrogen-bond donors (Lipinski definition) is 1. The molecule has 1 N–H and O–H groups in total. The molecule has 0 aliphatic carbocycles. The van der Waals surface area contributed by atoms with Crippen LogP contribution in [-0.4, -0.2) is 46.1 Å². The first-order chi connectivity index (χ1) is 9.24. The topological polar surface area (TPSA) is 46.0 Å². The molecule has 3 rings (SSSR count). The van der Waals surface area contributed by atoms with Gasteiger partial charge in [-0.05, 0) is 38.4 Å². The Morgan fingerprint density at radius 1 is 1.37 bits per heavy atom. The van der Waals surface area contributed by atoms with Gasteiger partial charge in [-0.3, -0.25) is 0 Å². The zero-order chi connectivity index (χ0) is 13.2. The summed E-state index contributed by atoms with van der Waals surface area (Å²) in [5, 5.41) is 3.48. The Morgan fingerprint density at radius 3 is 3.11 bits per heavy atom. The molecule has 0 aromatic carbocycles. The standard InChI is InChI=1S/C14H21N5/c1-18-7-3-4-11(9-18)8-16-14-13-12(5-6-15-14)19(2)10-17-13/h5-6,10-11H,3-4,7-9H2,1-2H3,(H,15,16). The zero-order valence-corrected chi connectivity index (χ0v) is 11.6. The lowest BCUT2D eigenvalue weighted by Crippen LogP contribution is -2.35. The van der Waals surface area contributed by atoms with Crippen molar-refractivity contribution in [3.05, 3.63) is 18.6 Å². The first kappa shape index (κ1) is 12.4. The predicted molar refractivity (Wildman–Crippen MR) is 77.2 cm³/mol. The third-order valence-corrected chi connectivity index (χ3v) is 3.92. The summed E-state index contributed by atoms with van der Waals surface area (Å²) in [5.74, 6) is 1.62. The number of aromatic nitrogens is 3. The molecule has 1 aliphatic rings. The normalized spacial score (nSPS) is 20.8. The predicted octanol–water partition coefficient (Wildman–Crippen LogP) is 1.72. The Kier molecular flexibility index (Phi) is 3.38. The molecule has 102 valence electrons. The number of piperidine rings is 1. The van der Waals surface area contributed by atoms with Gasteiger partial charge in [0, 0.05) is 26.3 Å². The molecule has 1 saturated heterocycles. The van der Waals surface area contributed by atoms with E-state index in [0.717, 1.165) is 23.4 Å². The van der Waals surface area contributed by atoms with E-state index in [1.807, 2.05) is 30.2 Å². The Hall–Kier alpha value is -1.62. The van der Waals surface area contributed by atoms with Crippen LogP contribution in [0.1, 0.15) is 12.8 Å². The van der Waals surface area contributed by atoms with Crippen LogP contribution in [0.5, 0.6) is 0 Å². The van der Waals surface area contributed by atoms with Crippen LogP contribution in [0.15, 0.2) is 18.6 Å². The summed E-state index contributed by atoms with van der Waals surface area (Å²) < 4.78 is 2.02. The molecular formula is C14H21N5. The summed E-state index contributed by atoms with van der Waals surface area (Å²) in [7, 11) is 4.21. The van der Waals surface area contributed by atoms with Gasteiger partial charge in [-0.15, -0.1) is 0 Å². The maximum Gasteiger partial charge on any atom is 0.154 e. The lowest BCUT2D eigenvalue weighted by molar-refractivity contribution is 0.217. The van der Waals surface area contributed by atoms with E-state index in [-0.39, 0.29) is 0 Å². The molecule has 1 fully saturated rings. The summed E-state index contributed by atoms with van der Waals surface area (Å²) in [6.07, 6.45) is 6.28. The Labute approximate surface area is 113 Å². The molecule has 5 heteroatoms. The molecule has 2 aromatic rings. The van der Waals surface area contributed by atoms with Crippen molar-refractivity contribution in [2.75, 3.05) is 32.0 Å². The number of pyridine rings is 1. The van der Waals surface area contributed by atoms with Crippen molar-refractivity contribution in [3.63, 3.8) is 0 Å². The number of aryl methyl sites for hydroxylation is 1. The lowest BCUT2D eigenvalue weighted by atomic mass is 9.98. The minimum absolute atomic E-state index is 0.708. The Morgan fingerprint density at radius 2 is 2.26 bits per heavy atom. The van der Waals surface area contributed by atoms with E-state index in [1.54, 1.807) is 0 Å². The average molecular weight is 259 g/mol. The second-order valence-electron chi connectivity index (χ2n) is 5.53. The largest absolute Gasteiger partial charge is 0.368 e. The van der Waals surface area contributed by atoms with Gasteiger partial charge in [-0.25, -0.2) is 9.97 Å². The van der Waals surface area contributed by atoms with Gasteiger partial charge in [-0.1, -0.05) is 0 Å². The van der Waals surface area contributed by atoms with Gasteiger partial charge >= 0.3 is 0 Å². The molecule has 0 amide bonds. The maximum absolute atomic E-state index is 4.42. The third-order valence-electron chi connectivity index (χ3n) is 3.92. The van der Waals surface area contributed by atoms with E-state index in [0.29, 0.717) is 5.92 Å². The molecule has 1 aliphatic heterocycles. The number of nitrogens with zero attached hydrogens (tertiary/aromatic N) is 4. The highest BCUT2D eigenvalue weighted by Gasteiger charge is 2.17. The molecule has 2 aromatic heterocycles. The Bertz CT molecular complexity index is 562. The molecular weight excluding hydrogens is 238 g/mol. The number of nitrogens with one attached hydrogen (secondary N) is 1. The van der Waals surface area contributed by atoms with Crippen LogP contribution in [-0.2, 0) is 7.05 Å². The van der Waals surface area contributed by atoms with Crippen molar-refractivity contribution in [1.29, 1.82) is 0 Å². The molecule has 3 heterocycles. The molecule has 0 spiro atoms. The van der Waals surface area contributed by atoms with E-state index >= 15 is 0 Å². The summed E-state index contributed by atoms with van der Waals surface area (Å²) in [6.45, 7) is 3.38. The van der Waals surface area contributed by atoms with Crippen LogP contribution in [0.25, 0.3) is 11.0 Å². The fourth-order valence-corrected chi connectivity index (χ4v) is 2.87. The van der Waals surface area contributed by atoms with Gasteiger partial charge in [0.2, 0.25) is 0 Å². The number of fused-ring (bicyclic) bond motifs is 1. The molecule has 0 radical (unpaired) electrons. The number of anilines is 1. The van der Waals surface area contributed by atoms with Gasteiger partial charge in [0.15, 0.2) is 5.82 Å². The number of rotatable bonds is 3. The highest BCUT2D eigenvalue weighted by atomic mass is 15.1. The number of hydrogen-bond acceptors (Lipinski definition) is 4. The van der Waals surface area contributed by atoms with Gasteiger partial charge in [0.05, 0.1) is 11.8 Å². The summed E-state index contributed by atoms with van der Waals surface area (Å²) >= 11 is 0. The Balaban J connectivity index is 1.71. The van der Waals surface area contributed by atoms with Gasteiger partial charge in [0.25, 0.3) is 0 Å². The van der Waals surface area contributed by atoms with Crippen molar-refractivity contribution in [2.45, 2.75) is 12.8 Å².